The normalized spacial score (nSPS) is 12.0. The topological polar surface area (TPSA) is 75.8 Å². The molecule has 0 saturated heterocycles. The highest BCUT2D eigenvalue weighted by Gasteiger charge is 2.11. The number of hydrogen-bond acceptors (Lipinski definition) is 5. The van der Waals surface area contributed by atoms with E-state index in [9.17, 15) is 9.90 Å². The highest BCUT2D eigenvalue weighted by Crippen LogP contribution is 2.24. The Balaban J connectivity index is 2.79. The molecule has 0 aliphatic rings. The summed E-state index contributed by atoms with van der Waals surface area (Å²) in [6.45, 7) is 4.55. The maximum absolute atomic E-state index is 11.6. The molecule has 5 heteroatoms. The first-order valence-electron chi connectivity index (χ1n) is 6.41. The highest BCUT2D eigenvalue weighted by molar-refractivity contribution is 5.92. The predicted molar refractivity (Wildman–Crippen MR) is 76.4 cm³/mol. The van der Waals surface area contributed by atoms with Gasteiger partial charge in [-0.2, -0.15) is 0 Å². The number of hydrogen-bond donors (Lipinski definition) is 2. The Hall–Kier alpha value is -1.75. The van der Waals surface area contributed by atoms with E-state index >= 15 is 0 Å². The third-order valence-corrected chi connectivity index (χ3v) is 2.83. The number of anilines is 2. The van der Waals surface area contributed by atoms with Crippen molar-refractivity contribution in [3.63, 3.8) is 0 Å². The number of ether oxygens (including phenoxy) is 1. The molecule has 0 saturated carbocycles. The lowest BCUT2D eigenvalue weighted by Gasteiger charge is -2.22. The summed E-state index contributed by atoms with van der Waals surface area (Å²) in [5.74, 6) is -0.368. The largest absolute Gasteiger partial charge is 0.462 e. The first-order chi connectivity index (χ1) is 8.95. The lowest BCUT2D eigenvalue weighted by Crippen LogP contribution is -2.23. The van der Waals surface area contributed by atoms with Crippen LogP contribution in [0.15, 0.2) is 18.2 Å². The van der Waals surface area contributed by atoms with Gasteiger partial charge in [0, 0.05) is 13.6 Å². The molecule has 19 heavy (non-hydrogen) atoms. The van der Waals surface area contributed by atoms with Crippen LogP contribution in [0.4, 0.5) is 11.4 Å². The van der Waals surface area contributed by atoms with Crippen molar-refractivity contribution in [2.75, 3.05) is 30.8 Å². The molecule has 1 atom stereocenters. The Morgan fingerprint density at radius 2 is 2.21 bits per heavy atom. The van der Waals surface area contributed by atoms with Gasteiger partial charge in [0.1, 0.15) is 0 Å². The molecule has 0 spiro atoms. The molecule has 0 fully saturated rings. The fraction of sp³-hybridized carbons (Fsp3) is 0.500. The molecule has 106 valence electrons. The van der Waals surface area contributed by atoms with Gasteiger partial charge < -0.3 is 20.5 Å². The van der Waals surface area contributed by atoms with Crippen LogP contribution in [-0.4, -0.2) is 37.4 Å². The van der Waals surface area contributed by atoms with Crippen molar-refractivity contribution in [3.05, 3.63) is 23.8 Å². The molecule has 1 rings (SSSR count). The average molecular weight is 266 g/mol. The summed E-state index contributed by atoms with van der Waals surface area (Å²) >= 11 is 0. The zero-order chi connectivity index (χ0) is 14.4. The third kappa shape index (κ3) is 4.44. The van der Waals surface area contributed by atoms with Crippen molar-refractivity contribution in [2.24, 2.45) is 0 Å². The summed E-state index contributed by atoms with van der Waals surface area (Å²) < 4.78 is 4.92. The highest BCUT2D eigenvalue weighted by atomic mass is 16.5. The maximum atomic E-state index is 11.6. The molecular formula is C14H22N2O3. The van der Waals surface area contributed by atoms with E-state index in [1.807, 2.05) is 11.9 Å². The quantitative estimate of drug-likeness (QED) is 0.605. The fourth-order valence-corrected chi connectivity index (χ4v) is 1.74. The van der Waals surface area contributed by atoms with Crippen LogP contribution in [0.2, 0.25) is 0 Å². The molecule has 5 nitrogen and oxygen atoms in total. The smallest absolute Gasteiger partial charge is 0.338 e. The molecular weight excluding hydrogens is 244 g/mol. The zero-order valence-electron chi connectivity index (χ0n) is 11.7. The number of rotatable bonds is 6. The van der Waals surface area contributed by atoms with Crippen LogP contribution in [0, 0.1) is 0 Å². The van der Waals surface area contributed by atoms with E-state index < -0.39 is 0 Å². The minimum Gasteiger partial charge on any atom is -0.462 e. The summed E-state index contributed by atoms with van der Waals surface area (Å²) in [5.41, 5.74) is 7.77. The zero-order valence-corrected chi connectivity index (χ0v) is 11.7. The minimum atomic E-state index is -0.368. The molecule has 0 aliphatic heterocycles. The van der Waals surface area contributed by atoms with Gasteiger partial charge in [0.15, 0.2) is 0 Å². The van der Waals surface area contributed by atoms with Crippen LogP contribution in [0.1, 0.15) is 30.6 Å². The third-order valence-electron chi connectivity index (χ3n) is 2.83. The average Bonchev–Trinajstić information content (AvgIpc) is 2.36. The van der Waals surface area contributed by atoms with Gasteiger partial charge in [0.25, 0.3) is 0 Å². The van der Waals surface area contributed by atoms with Crippen LogP contribution < -0.4 is 10.6 Å². The van der Waals surface area contributed by atoms with Crippen LogP contribution in [0.25, 0.3) is 0 Å². The number of carbonyl (C=O) groups excluding carboxylic acids is 1. The van der Waals surface area contributed by atoms with Gasteiger partial charge >= 0.3 is 5.97 Å². The van der Waals surface area contributed by atoms with Crippen molar-refractivity contribution in [3.8, 4) is 0 Å². The first-order valence-corrected chi connectivity index (χ1v) is 6.41. The maximum Gasteiger partial charge on any atom is 0.338 e. The van der Waals surface area contributed by atoms with E-state index in [4.69, 9.17) is 10.5 Å². The number of aliphatic hydroxyl groups excluding tert-OH is 1. The first kappa shape index (κ1) is 15.3. The predicted octanol–water partition coefficient (Wildman–Crippen LogP) is 1.65. The van der Waals surface area contributed by atoms with E-state index in [0.717, 1.165) is 5.69 Å². The number of aliphatic hydroxyl groups is 1. The van der Waals surface area contributed by atoms with Gasteiger partial charge in [-0.05, 0) is 38.5 Å². The van der Waals surface area contributed by atoms with Crippen molar-refractivity contribution in [1.82, 2.24) is 0 Å². The lowest BCUT2D eigenvalue weighted by molar-refractivity contribution is 0.0526. The Labute approximate surface area is 114 Å². The van der Waals surface area contributed by atoms with Crippen LogP contribution in [0.5, 0.6) is 0 Å². The molecule has 0 bridgehead atoms. The van der Waals surface area contributed by atoms with Gasteiger partial charge in [-0.1, -0.05) is 0 Å². The molecule has 0 aromatic heterocycles. The molecule has 3 N–H and O–H groups in total. The molecule has 0 amide bonds. The lowest BCUT2D eigenvalue weighted by atomic mass is 10.1. The van der Waals surface area contributed by atoms with E-state index in [2.05, 4.69) is 0 Å². The fourth-order valence-electron chi connectivity index (χ4n) is 1.74. The summed E-state index contributed by atoms with van der Waals surface area (Å²) in [4.78, 5) is 13.5. The van der Waals surface area contributed by atoms with E-state index in [1.54, 1.807) is 32.0 Å². The number of esters is 1. The van der Waals surface area contributed by atoms with E-state index in [1.165, 1.54) is 0 Å². The molecule has 0 heterocycles. The summed E-state index contributed by atoms with van der Waals surface area (Å²) in [7, 11) is 1.90. The number of carbonyl (C=O) groups is 1. The number of nitrogen functional groups attached to an aromatic ring is 1. The van der Waals surface area contributed by atoms with E-state index in [-0.39, 0.29) is 12.1 Å². The van der Waals surface area contributed by atoms with Gasteiger partial charge in [0.05, 0.1) is 29.6 Å². The van der Waals surface area contributed by atoms with Crippen molar-refractivity contribution in [1.29, 1.82) is 0 Å². The van der Waals surface area contributed by atoms with Gasteiger partial charge in [-0.25, -0.2) is 4.79 Å². The minimum absolute atomic E-state index is 0.342. The Bertz CT molecular complexity index is 433. The van der Waals surface area contributed by atoms with Crippen molar-refractivity contribution in [2.45, 2.75) is 26.4 Å². The number of nitrogens with two attached hydrogens (primary N) is 1. The summed E-state index contributed by atoms with van der Waals surface area (Å²) in [6.07, 6.45) is 0.317. The number of nitrogens with zero attached hydrogens (tertiary/aromatic N) is 1. The summed E-state index contributed by atoms with van der Waals surface area (Å²) in [5, 5.41) is 9.27. The van der Waals surface area contributed by atoms with Crippen LogP contribution in [0.3, 0.4) is 0 Å². The van der Waals surface area contributed by atoms with Crippen LogP contribution in [-0.2, 0) is 4.74 Å². The number of benzene rings is 1. The SMILES string of the molecule is CCOC(=O)c1ccc(N(C)CCC(C)O)c(N)c1. The Morgan fingerprint density at radius 3 is 2.74 bits per heavy atom. The van der Waals surface area contributed by atoms with Gasteiger partial charge in [-0.3, -0.25) is 0 Å². The van der Waals surface area contributed by atoms with Gasteiger partial charge in [-0.15, -0.1) is 0 Å². The molecule has 0 aliphatic carbocycles. The van der Waals surface area contributed by atoms with E-state index in [0.29, 0.717) is 30.8 Å². The standard InChI is InChI=1S/C14H22N2O3/c1-4-19-14(18)11-5-6-13(12(15)9-11)16(3)8-7-10(2)17/h5-6,9-10,17H,4,7-8,15H2,1-3H3. The second-order valence-electron chi connectivity index (χ2n) is 4.55. The van der Waals surface area contributed by atoms with Crippen molar-refractivity contribution >= 4 is 17.3 Å². The summed E-state index contributed by atoms with van der Waals surface area (Å²) in [6, 6.07) is 5.11. The molecule has 1 unspecified atom stereocenters. The molecule has 1 aromatic rings. The molecule has 1 aromatic carbocycles. The second-order valence-corrected chi connectivity index (χ2v) is 4.55. The van der Waals surface area contributed by atoms with Crippen LogP contribution >= 0.6 is 0 Å². The van der Waals surface area contributed by atoms with Gasteiger partial charge in [0.2, 0.25) is 0 Å². The Morgan fingerprint density at radius 1 is 1.53 bits per heavy atom. The molecule has 0 radical (unpaired) electrons. The second kappa shape index (κ2) is 6.99. The Kier molecular flexibility index (Phi) is 5.63. The monoisotopic (exact) mass is 266 g/mol. The van der Waals surface area contributed by atoms with Crippen molar-refractivity contribution < 1.29 is 14.6 Å².